The summed E-state index contributed by atoms with van der Waals surface area (Å²) in [6, 6.07) is -4.61. The topological polar surface area (TPSA) is 182 Å². The number of likely N-dealkylation sites (tertiary alicyclic amines) is 1. The summed E-state index contributed by atoms with van der Waals surface area (Å²) in [6.45, 7) is 4.52. The van der Waals surface area contributed by atoms with E-state index in [1.165, 1.54) is 4.90 Å². The summed E-state index contributed by atoms with van der Waals surface area (Å²) in [4.78, 5) is 106. The molecule has 6 aliphatic rings. The average molecular weight is 529 g/mol. The molecule has 7 atom stereocenters. The fraction of sp³-hybridized carbons (Fsp3) is 0.667. The summed E-state index contributed by atoms with van der Waals surface area (Å²) in [6.07, 6.45) is 0.0944. The van der Waals surface area contributed by atoms with Crippen molar-refractivity contribution in [2.24, 2.45) is 17.3 Å². The van der Waals surface area contributed by atoms with E-state index in [4.69, 9.17) is 0 Å². The molecule has 14 nitrogen and oxygen atoms in total. The fourth-order valence-corrected chi connectivity index (χ4v) is 6.93. The predicted molar refractivity (Wildman–Crippen MR) is 123 cm³/mol. The number of carbonyl (C=O) groups excluding carboxylic acids is 8. The highest BCUT2D eigenvalue weighted by Gasteiger charge is 2.59. The van der Waals surface area contributed by atoms with Crippen molar-refractivity contribution in [3.05, 3.63) is 0 Å². The van der Waals surface area contributed by atoms with Gasteiger partial charge in [-0.2, -0.15) is 0 Å². The van der Waals surface area contributed by atoms with Gasteiger partial charge in [-0.05, 0) is 18.3 Å². The number of nitrogens with zero attached hydrogens (tertiary/aromatic N) is 3. The van der Waals surface area contributed by atoms with E-state index < -0.39 is 77.5 Å². The molecular weight excluding hydrogens is 500 g/mol. The van der Waals surface area contributed by atoms with Crippen LogP contribution in [-0.2, 0) is 38.4 Å². The number of piperazine rings is 2. The standard InChI is InChI=1S/C24H28N6O8/c1-24(2)6-13-23(38)28-7-9(3-12(28)22(37)29(13)8-24)30-15(32)5-11(21(30)36)17-20(35)26-16(19(34)27-17)10-4-14(31)25-18(10)33/h9-13,16-17H,3-8H2,1-2H3,(H,26,35)(H,27,34)(H,25,31,33). The van der Waals surface area contributed by atoms with Crippen LogP contribution in [0.15, 0.2) is 0 Å². The van der Waals surface area contributed by atoms with Crippen LogP contribution in [0.2, 0.25) is 0 Å². The van der Waals surface area contributed by atoms with Gasteiger partial charge in [0, 0.05) is 25.9 Å². The molecule has 0 aromatic rings. The molecule has 6 heterocycles. The summed E-state index contributed by atoms with van der Waals surface area (Å²) in [5.41, 5.74) is -0.176. The molecule has 14 heteroatoms. The van der Waals surface area contributed by atoms with Gasteiger partial charge < -0.3 is 20.4 Å². The Kier molecular flexibility index (Phi) is 5.21. The number of hydrogen-bond donors (Lipinski definition) is 3. The van der Waals surface area contributed by atoms with Crippen LogP contribution in [-0.4, -0.2) is 105 Å². The summed E-state index contributed by atoms with van der Waals surface area (Å²) in [5, 5.41) is 6.99. The molecule has 0 saturated carbocycles. The Morgan fingerprint density at radius 1 is 0.737 bits per heavy atom. The summed E-state index contributed by atoms with van der Waals surface area (Å²) >= 11 is 0. The second-order valence-electron chi connectivity index (χ2n) is 11.9. The van der Waals surface area contributed by atoms with Gasteiger partial charge in [-0.25, -0.2) is 0 Å². The van der Waals surface area contributed by atoms with Crippen molar-refractivity contribution < 1.29 is 38.4 Å². The Morgan fingerprint density at radius 2 is 1.37 bits per heavy atom. The lowest BCUT2D eigenvalue weighted by Crippen LogP contribution is -2.66. The first-order valence-electron chi connectivity index (χ1n) is 12.8. The molecule has 0 radical (unpaired) electrons. The number of hydrogen-bond acceptors (Lipinski definition) is 8. The van der Waals surface area contributed by atoms with Crippen LogP contribution in [0, 0.1) is 17.3 Å². The van der Waals surface area contributed by atoms with E-state index in [2.05, 4.69) is 16.0 Å². The van der Waals surface area contributed by atoms with Crippen LogP contribution in [0.3, 0.4) is 0 Å². The molecule has 8 amide bonds. The van der Waals surface area contributed by atoms with E-state index in [1.54, 1.807) is 4.90 Å². The maximum atomic E-state index is 13.4. The minimum absolute atomic E-state index is 0.0420. The number of imide groups is 2. The van der Waals surface area contributed by atoms with Crippen LogP contribution in [0.4, 0.5) is 0 Å². The second kappa shape index (κ2) is 8.08. The van der Waals surface area contributed by atoms with Gasteiger partial charge in [0.2, 0.25) is 47.3 Å². The molecule has 0 aliphatic carbocycles. The molecule has 0 aromatic heterocycles. The maximum absolute atomic E-state index is 13.4. The molecule has 6 saturated heterocycles. The Bertz CT molecular complexity index is 1200. The number of rotatable bonds is 3. The van der Waals surface area contributed by atoms with Gasteiger partial charge in [-0.1, -0.05) is 13.8 Å². The highest BCUT2D eigenvalue weighted by molar-refractivity contribution is 6.11. The van der Waals surface area contributed by atoms with Crippen molar-refractivity contribution in [3.8, 4) is 0 Å². The zero-order valence-corrected chi connectivity index (χ0v) is 20.9. The highest BCUT2D eigenvalue weighted by Crippen LogP contribution is 2.41. The minimum atomic E-state index is -1.33. The van der Waals surface area contributed by atoms with Crippen LogP contribution < -0.4 is 16.0 Å². The first kappa shape index (κ1) is 24.5. The molecule has 6 aliphatic heterocycles. The van der Waals surface area contributed by atoms with Gasteiger partial charge in [0.25, 0.3) is 0 Å². The third kappa shape index (κ3) is 3.52. The molecule has 38 heavy (non-hydrogen) atoms. The normalized spacial score (nSPS) is 38.5. The Morgan fingerprint density at radius 3 is 2.00 bits per heavy atom. The molecule has 6 fully saturated rings. The fourth-order valence-electron chi connectivity index (χ4n) is 6.93. The van der Waals surface area contributed by atoms with E-state index in [9.17, 15) is 38.4 Å². The number of carbonyl (C=O) groups is 8. The first-order valence-corrected chi connectivity index (χ1v) is 12.8. The largest absolute Gasteiger partial charge is 0.342 e. The molecule has 0 aromatic carbocycles. The molecule has 0 bridgehead atoms. The monoisotopic (exact) mass is 528 g/mol. The van der Waals surface area contributed by atoms with E-state index >= 15 is 0 Å². The third-order valence-corrected chi connectivity index (χ3v) is 8.69. The average Bonchev–Trinajstić information content (AvgIpc) is 3.57. The molecule has 6 rings (SSSR count). The van der Waals surface area contributed by atoms with Gasteiger partial charge in [0.05, 0.1) is 17.9 Å². The predicted octanol–water partition coefficient (Wildman–Crippen LogP) is -3.38. The summed E-state index contributed by atoms with van der Waals surface area (Å²) < 4.78 is 0. The molecule has 0 spiro atoms. The summed E-state index contributed by atoms with van der Waals surface area (Å²) in [7, 11) is 0. The van der Waals surface area contributed by atoms with Crippen LogP contribution in [0.1, 0.15) is 39.5 Å². The quantitative estimate of drug-likeness (QED) is 0.317. The van der Waals surface area contributed by atoms with Gasteiger partial charge in [0.15, 0.2) is 0 Å². The Hall–Kier alpha value is -3.84. The number of amides is 8. The second-order valence-corrected chi connectivity index (χ2v) is 11.9. The Balaban J connectivity index is 1.16. The smallest absolute Gasteiger partial charge is 0.246 e. The van der Waals surface area contributed by atoms with Crippen LogP contribution >= 0.6 is 0 Å². The zero-order valence-electron chi connectivity index (χ0n) is 20.9. The highest BCUT2D eigenvalue weighted by atomic mass is 16.2. The molecule has 202 valence electrons. The van der Waals surface area contributed by atoms with E-state index in [0.717, 1.165) is 4.90 Å². The van der Waals surface area contributed by atoms with Crippen molar-refractivity contribution in [1.82, 2.24) is 30.7 Å². The molecule has 3 N–H and O–H groups in total. The maximum Gasteiger partial charge on any atom is 0.246 e. The zero-order chi connectivity index (χ0) is 27.3. The van der Waals surface area contributed by atoms with E-state index in [0.29, 0.717) is 13.0 Å². The number of fused-ring (bicyclic) bond motifs is 2. The van der Waals surface area contributed by atoms with Crippen molar-refractivity contribution in [2.45, 2.75) is 69.7 Å². The minimum Gasteiger partial charge on any atom is -0.342 e. The van der Waals surface area contributed by atoms with Crippen molar-refractivity contribution >= 4 is 47.3 Å². The molecule has 7 unspecified atom stereocenters. The SMILES string of the molecule is CC1(C)CC2C(=O)N3CC(N4C(=O)CC(C5NC(=O)C(C6CC(=O)NC6=O)NC5=O)C4=O)CC3C(=O)N2C1. The summed E-state index contributed by atoms with van der Waals surface area (Å²) in [5.74, 6) is -6.46. The van der Waals surface area contributed by atoms with Gasteiger partial charge in [-0.15, -0.1) is 0 Å². The lowest BCUT2D eigenvalue weighted by molar-refractivity contribution is -0.157. The first-order chi connectivity index (χ1) is 17.9. The van der Waals surface area contributed by atoms with Crippen molar-refractivity contribution in [2.75, 3.05) is 13.1 Å². The van der Waals surface area contributed by atoms with Crippen molar-refractivity contribution in [3.63, 3.8) is 0 Å². The van der Waals surface area contributed by atoms with Gasteiger partial charge in [0.1, 0.15) is 24.2 Å². The van der Waals surface area contributed by atoms with Crippen LogP contribution in [0.25, 0.3) is 0 Å². The lowest BCUT2D eigenvalue weighted by atomic mass is 9.90. The lowest BCUT2D eigenvalue weighted by Gasteiger charge is -2.38. The van der Waals surface area contributed by atoms with E-state index in [1.807, 2.05) is 13.8 Å². The van der Waals surface area contributed by atoms with E-state index in [-0.39, 0.29) is 43.0 Å². The van der Waals surface area contributed by atoms with Crippen molar-refractivity contribution in [1.29, 1.82) is 0 Å². The molecular formula is C24H28N6O8. The van der Waals surface area contributed by atoms with Gasteiger partial charge >= 0.3 is 0 Å². The third-order valence-electron chi connectivity index (χ3n) is 8.69. The Labute approximate surface area is 216 Å². The van der Waals surface area contributed by atoms with Crippen LogP contribution in [0.5, 0.6) is 0 Å². The number of nitrogens with one attached hydrogen (secondary N) is 3. The van der Waals surface area contributed by atoms with Gasteiger partial charge in [-0.3, -0.25) is 48.6 Å².